The second kappa shape index (κ2) is 4.81. The van der Waals surface area contributed by atoms with E-state index in [1.54, 1.807) is 0 Å². The first-order valence-corrected chi connectivity index (χ1v) is 6.49. The standard InChI is InChI=1S/C17H16N2/c1-12-8-9-16-15(10-12)17(18-11-13(2)19-16)14-6-4-3-5-7-14/h3-10H,11H2,1-2H3. The summed E-state index contributed by atoms with van der Waals surface area (Å²) >= 11 is 0. The van der Waals surface area contributed by atoms with Gasteiger partial charge in [0, 0.05) is 16.8 Å². The number of fused-ring (bicyclic) bond motifs is 1. The van der Waals surface area contributed by atoms with Gasteiger partial charge in [0.2, 0.25) is 0 Å². The molecule has 0 N–H and O–H groups in total. The Morgan fingerprint density at radius 3 is 2.53 bits per heavy atom. The summed E-state index contributed by atoms with van der Waals surface area (Å²) in [5, 5.41) is 0. The van der Waals surface area contributed by atoms with Crippen molar-refractivity contribution in [3.05, 3.63) is 65.2 Å². The molecule has 0 saturated heterocycles. The van der Waals surface area contributed by atoms with Gasteiger partial charge in [-0.05, 0) is 26.0 Å². The van der Waals surface area contributed by atoms with E-state index in [9.17, 15) is 0 Å². The second-order valence-corrected chi connectivity index (χ2v) is 4.90. The highest BCUT2D eigenvalue weighted by Gasteiger charge is 2.14. The smallest absolute Gasteiger partial charge is 0.0777 e. The first-order valence-electron chi connectivity index (χ1n) is 6.49. The minimum Gasteiger partial charge on any atom is -0.278 e. The van der Waals surface area contributed by atoms with Gasteiger partial charge in [-0.1, -0.05) is 42.0 Å². The molecule has 2 heteroatoms. The van der Waals surface area contributed by atoms with Crippen molar-refractivity contribution in [2.24, 2.45) is 9.98 Å². The van der Waals surface area contributed by atoms with Crippen molar-refractivity contribution in [3.8, 4) is 0 Å². The summed E-state index contributed by atoms with van der Waals surface area (Å²) in [7, 11) is 0. The molecule has 1 aliphatic rings. The number of aliphatic imine (C=N–C) groups is 2. The Labute approximate surface area is 113 Å². The van der Waals surface area contributed by atoms with E-state index < -0.39 is 0 Å². The van der Waals surface area contributed by atoms with Gasteiger partial charge in [-0.3, -0.25) is 9.98 Å². The van der Waals surface area contributed by atoms with Crippen molar-refractivity contribution in [1.29, 1.82) is 0 Å². The molecule has 0 aromatic heterocycles. The number of rotatable bonds is 1. The predicted octanol–water partition coefficient (Wildman–Crippen LogP) is 3.94. The van der Waals surface area contributed by atoms with Crippen LogP contribution >= 0.6 is 0 Å². The first kappa shape index (κ1) is 11.8. The summed E-state index contributed by atoms with van der Waals surface area (Å²) in [5.41, 5.74) is 6.62. The zero-order valence-corrected chi connectivity index (χ0v) is 11.2. The third-order valence-corrected chi connectivity index (χ3v) is 3.23. The Bertz CT molecular complexity index is 667. The van der Waals surface area contributed by atoms with Gasteiger partial charge in [-0.2, -0.15) is 0 Å². The van der Waals surface area contributed by atoms with E-state index in [1.807, 2.05) is 25.1 Å². The molecular weight excluding hydrogens is 232 g/mol. The van der Waals surface area contributed by atoms with Crippen LogP contribution < -0.4 is 0 Å². The molecule has 0 aliphatic carbocycles. The zero-order valence-electron chi connectivity index (χ0n) is 11.2. The van der Waals surface area contributed by atoms with E-state index in [0.29, 0.717) is 6.54 Å². The van der Waals surface area contributed by atoms with E-state index in [4.69, 9.17) is 4.99 Å². The van der Waals surface area contributed by atoms with Gasteiger partial charge in [0.25, 0.3) is 0 Å². The molecule has 94 valence electrons. The summed E-state index contributed by atoms with van der Waals surface area (Å²) in [6.07, 6.45) is 0. The van der Waals surface area contributed by atoms with Crippen LogP contribution in [0.3, 0.4) is 0 Å². The second-order valence-electron chi connectivity index (χ2n) is 4.90. The maximum atomic E-state index is 4.74. The quantitative estimate of drug-likeness (QED) is 0.730. The Kier molecular flexibility index (Phi) is 3.00. The molecule has 2 nitrogen and oxygen atoms in total. The summed E-state index contributed by atoms with van der Waals surface area (Å²) in [5.74, 6) is 0. The van der Waals surface area contributed by atoms with Gasteiger partial charge >= 0.3 is 0 Å². The SMILES string of the molecule is CC1=Nc2ccc(C)cc2C(c2ccccc2)=NC1. The molecule has 0 saturated carbocycles. The van der Waals surface area contributed by atoms with E-state index in [-0.39, 0.29) is 0 Å². The van der Waals surface area contributed by atoms with Crippen LogP contribution in [-0.4, -0.2) is 18.0 Å². The fourth-order valence-corrected chi connectivity index (χ4v) is 2.30. The summed E-state index contributed by atoms with van der Waals surface area (Å²) in [6, 6.07) is 16.7. The number of hydrogen-bond acceptors (Lipinski definition) is 2. The van der Waals surface area contributed by atoms with Crippen molar-refractivity contribution in [1.82, 2.24) is 0 Å². The van der Waals surface area contributed by atoms with Gasteiger partial charge in [-0.15, -0.1) is 0 Å². The molecule has 0 radical (unpaired) electrons. The van der Waals surface area contributed by atoms with Gasteiger partial charge in [0.05, 0.1) is 17.9 Å². The number of aryl methyl sites for hydroxylation is 1. The fourth-order valence-electron chi connectivity index (χ4n) is 2.30. The van der Waals surface area contributed by atoms with Crippen LogP contribution in [0.1, 0.15) is 23.6 Å². The molecule has 0 spiro atoms. The average molecular weight is 248 g/mol. The van der Waals surface area contributed by atoms with Gasteiger partial charge in [0.1, 0.15) is 0 Å². The third-order valence-electron chi connectivity index (χ3n) is 3.23. The molecule has 0 bridgehead atoms. The maximum absolute atomic E-state index is 4.74. The van der Waals surface area contributed by atoms with Crippen molar-refractivity contribution in [3.63, 3.8) is 0 Å². The topological polar surface area (TPSA) is 24.7 Å². The highest BCUT2D eigenvalue weighted by atomic mass is 14.9. The van der Waals surface area contributed by atoms with Crippen LogP contribution in [0.5, 0.6) is 0 Å². The monoisotopic (exact) mass is 248 g/mol. The van der Waals surface area contributed by atoms with Crippen LogP contribution in [0.25, 0.3) is 0 Å². The molecule has 0 unspecified atom stereocenters. The van der Waals surface area contributed by atoms with Crippen LogP contribution in [-0.2, 0) is 0 Å². The van der Waals surface area contributed by atoms with Gasteiger partial charge < -0.3 is 0 Å². The van der Waals surface area contributed by atoms with E-state index in [0.717, 1.165) is 28.2 Å². The maximum Gasteiger partial charge on any atom is 0.0777 e. The number of hydrogen-bond donors (Lipinski definition) is 0. The van der Waals surface area contributed by atoms with Crippen molar-refractivity contribution >= 4 is 17.1 Å². The first-order chi connectivity index (χ1) is 9.24. The largest absolute Gasteiger partial charge is 0.278 e. The number of benzene rings is 2. The minimum absolute atomic E-state index is 0.665. The molecule has 2 aromatic carbocycles. The third kappa shape index (κ3) is 2.34. The van der Waals surface area contributed by atoms with Crippen molar-refractivity contribution in [2.75, 3.05) is 6.54 Å². The van der Waals surface area contributed by atoms with E-state index in [2.05, 4.69) is 42.2 Å². The van der Waals surface area contributed by atoms with Crippen LogP contribution in [0.2, 0.25) is 0 Å². The Morgan fingerprint density at radius 1 is 0.947 bits per heavy atom. The summed E-state index contributed by atoms with van der Waals surface area (Å²) < 4.78 is 0. The summed E-state index contributed by atoms with van der Waals surface area (Å²) in [6.45, 7) is 4.80. The lowest BCUT2D eigenvalue weighted by Gasteiger charge is -2.09. The molecule has 2 aromatic rings. The number of nitrogens with zero attached hydrogens (tertiary/aromatic N) is 2. The van der Waals surface area contributed by atoms with E-state index >= 15 is 0 Å². The van der Waals surface area contributed by atoms with Crippen molar-refractivity contribution < 1.29 is 0 Å². The van der Waals surface area contributed by atoms with Gasteiger partial charge in [0.15, 0.2) is 0 Å². The lowest BCUT2D eigenvalue weighted by atomic mass is 9.99. The van der Waals surface area contributed by atoms with Crippen molar-refractivity contribution in [2.45, 2.75) is 13.8 Å². The Balaban J connectivity index is 2.21. The molecule has 0 atom stereocenters. The molecule has 19 heavy (non-hydrogen) atoms. The van der Waals surface area contributed by atoms with Gasteiger partial charge in [-0.25, -0.2) is 0 Å². The normalized spacial score (nSPS) is 14.2. The zero-order chi connectivity index (χ0) is 13.2. The average Bonchev–Trinajstić information content (AvgIpc) is 2.58. The van der Waals surface area contributed by atoms with Crippen LogP contribution in [0, 0.1) is 6.92 Å². The molecule has 3 rings (SSSR count). The molecule has 1 heterocycles. The molecule has 0 fully saturated rings. The van der Waals surface area contributed by atoms with E-state index in [1.165, 1.54) is 5.56 Å². The summed E-state index contributed by atoms with van der Waals surface area (Å²) in [4.78, 5) is 9.40. The lowest BCUT2D eigenvalue weighted by molar-refractivity contribution is 1.28. The Hall–Kier alpha value is -2.22. The predicted molar refractivity (Wildman–Crippen MR) is 80.9 cm³/mol. The molecule has 0 amide bonds. The molecule has 1 aliphatic heterocycles. The molecular formula is C17H16N2. The highest BCUT2D eigenvalue weighted by molar-refractivity contribution is 6.17. The minimum atomic E-state index is 0.665. The van der Waals surface area contributed by atoms with Crippen LogP contribution in [0.4, 0.5) is 5.69 Å². The highest BCUT2D eigenvalue weighted by Crippen LogP contribution is 2.26. The fraction of sp³-hybridized carbons (Fsp3) is 0.176. The van der Waals surface area contributed by atoms with Crippen LogP contribution in [0.15, 0.2) is 58.5 Å². The lowest BCUT2D eigenvalue weighted by Crippen LogP contribution is -2.04. The Morgan fingerprint density at radius 2 is 1.74 bits per heavy atom.